The molecule has 156 valence electrons. The first-order valence-electron chi connectivity index (χ1n) is 9.13. The van der Waals surface area contributed by atoms with Gasteiger partial charge < -0.3 is 10.1 Å². The maximum absolute atomic E-state index is 13.2. The van der Waals surface area contributed by atoms with E-state index < -0.39 is 5.97 Å². The monoisotopic (exact) mass is 437 g/mol. The second-order valence-electron chi connectivity index (χ2n) is 6.38. The molecule has 31 heavy (non-hydrogen) atoms. The number of aromatic nitrogens is 4. The second-order valence-corrected chi connectivity index (χ2v) is 7.33. The van der Waals surface area contributed by atoms with E-state index in [0.717, 1.165) is 5.56 Å². The molecule has 1 N–H and O–H groups in total. The van der Waals surface area contributed by atoms with E-state index in [1.165, 1.54) is 31.0 Å². The standard InChI is InChI=1S/C21H16FN5O3S/c1-30-20(29)14-4-8-16(9-5-14)23-19(28)12-31-21-25-24-18-11-10-17(26-27(18)21)13-2-6-15(22)7-3-13/h2-11H,12H2,1H3,(H,23,28). The molecule has 0 saturated carbocycles. The Kier molecular flexibility index (Phi) is 5.89. The van der Waals surface area contributed by atoms with Crippen LogP contribution in [-0.4, -0.2) is 44.6 Å². The van der Waals surface area contributed by atoms with Crippen LogP contribution >= 0.6 is 11.8 Å². The van der Waals surface area contributed by atoms with Crippen molar-refractivity contribution in [1.29, 1.82) is 0 Å². The van der Waals surface area contributed by atoms with Crippen LogP contribution in [-0.2, 0) is 9.53 Å². The number of ether oxygens (including phenoxy) is 1. The van der Waals surface area contributed by atoms with Gasteiger partial charge in [0.25, 0.3) is 0 Å². The van der Waals surface area contributed by atoms with Crippen LogP contribution in [0.4, 0.5) is 10.1 Å². The number of thioether (sulfide) groups is 1. The predicted molar refractivity (Wildman–Crippen MR) is 113 cm³/mol. The minimum absolute atomic E-state index is 0.0853. The molecule has 0 spiro atoms. The summed E-state index contributed by atoms with van der Waals surface area (Å²) in [6, 6.07) is 15.9. The Hall–Kier alpha value is -3.79. The lowest BCUT2D eigenvalue weighted by Gasteiger charge is -2.06. The van der Waals surface area contributed by atoms with E-state index in [9.17, 15) is 14.0 Å². The van der Waals surface area contributed by atoms with Crippen LogP contribution in [0.2, 0.25) is 0 Å². The average molecular weight is 437 g/mol. The van der Waals surface area contributed by atoms with Gasteiger partial charge in [-0.3, -0.25) is 4.79 Å². The normalized spacial score (nSPS) is 10.8. The summed E-state index contributed by atoms with van der Waals surface area (Å²) in [4.78, 5) is 23.8. The molecule has 2 aromatic carbocycles. The molecule has 4 rings (SSSR count). The number of esters is 1. The first kappa shape index (κ1) is 20.5. The van der Waals surface area contributed by atoms with Gasteiger partial charge >= 0.3 is 5.97 Å². The van der Waals surface area contributed by atoms with Gasteiger partial charge in [0.15, 0.2) is 5.65 Å². The number of carbonyl (C=O) groups is 2. The highest BCUT2D eigenvalue weighted by atomic mass is 32.2. The van der Waals surface area contributed by atoms with Gasteiger partial charge in [0.2, 0.25) is 11.1 Å². The number of halogens is 1. The molecule has 0 saturated heterocycles. The smallest absolute Gasteiger partial charge is 0.337 e. The van der Waals surface area contributed by atoms with Gasteiger partial charge in [-0.1, -0.05) is 11.8 Å². The lowest BCUT2D eigenvalue weighted by molar-refractivity contribution is -0.113. The first-order valence-corrected chi connectivity index (χ1v) is 10.1. The molecule has 0 aliphatic carbocycles. The minimum atomic E-state index is -0.445. The summed E-state index contributed by atoms with van der Waals surface area (Å²) in [6.45, 7) is 0. The van der Waals surface area contributed by atoms with Crippen LogP contribution < -0.4 is 5.32 Å². The van der Waals surface area contributed by atoms with E-state index in [1.54, 1.807) is 53.0 Å². The summed E-state index contributed by atoms with van der Waals surface area (Å²) >= 11 is 1.18. The number of carbonyl (C=O) groups excluding carboxylic acids is 2. The predicted octanol–water partition coefficient (Wildman–Crippen LogP) is 3.45. The number of anilines is 1. The summed E-state index contributed by atoms with van der Waals surface area (Å²) in [7, 11) is 1.31. The first-order chi connectivity index (χ1) is 15.0. The number of nitrogens with zero attached hydrogens (tertiary/aromatic N) is 4. The molecule has 10 heteroatoms. The van der Waals surface area contributed by atoms with Crippen molar-refractivity contribution in [1.82, 2.24) is 19.8 Å². The summed E-state index contributed by atoms with van der Waals surface area (Å²) in [5.74, 6) is -0.930. The van der Waals surface area contributed by atoms with Gasteiger partial charge in [0, 0.05) is 11.3 Å². The van der Waals surface area contributed by atoms with Crippen molar-refractivity contribution in [2.24, 2.45) is 0 Å². The average Bonchev–Trinajstić information content (AvgIpc) is 3.20. The van der Waals surface area contributed by atoms with E-state index in [4.69, 9.17) is 0 Å². The van der Waals surface area contributed by atoms with Crippen molar-refractivity contribution in [3.8, 4) is 11.3 Å². The fourth-order valence-electron chi connectivity index (χ4n) is 2.77. The quantitative estimate of drug-likeness (QED) is 0.364. The van der Waals surface area contributed by atoms with Crippen molar-refractivity contribution in [3.63, 3.8) is 0 Å². The maximum atomic E-state index is 13.2. The van der Waals surface area contributed by atoms with Gasteiger partial charge in [-0.05, 0) is 60.7 Å². The summed E-state index contributed by atoms with van der Waals surface area (Å²) in [6.07, 6.45) is 0. The molecular weight excluding hydrogens is 421 g/mol. The molecule has 1 amide bonds. The number of nitrogens with one attached hydrogen (secondary N) is 1. The molecule has 0 atom stereocenters. The number of hydrogen-bond donors (Lipinski definition) is 1. The van der Waals surface area contributed by atoms with Gasteiger partial charge in [-0.15, -0.1) is 10.2 Å². The van der Waals surface area contributed by atoms with Crippen LogP contribution in [0.25, 0.3) is 16.9 Å². The molecule has 4 aromatic rings. The SMILES string of the molecule is COC(=O)c1ccc(NC(=O)CSc2nnc3ccc(-c4ccc(F)cc4)nn23)cc1. The number of fused-ring (bicyclic) bond motifs is 1. The molecular formula is C21H16FN5O3S. The molecule has 0 aliphatic heterocycles. The largest absolute Gasteiger partial charge is 0.465 e. The highest BCUT2D eigenvalue weighted by molar-refractivity contribution is 7.99. The Morgan fingerprint density at radius 2 is 1.77 bits per heavy atom. The number of methoxy groups -OCH3 is 1. The topological polar surface area (TPSA) is 98.5 Å². The molecule has 2 aromatic heterocycles. The Bertz CT molecular complexity index is 1240. The Morgan fingerprint density at radius 1 is 1.03 bits per heavy atom. The van der Waals surface area contributed by atoms with Crippen molar-refractivity contribution in [2.45, 2.75) is 5.16 Å². The zero-order chi connectivity index (χ0) is 21.8. The third-order valence-electron chi connectivity index (χ3n) is 4.30. The number of hydrogen-bond acceptors (Lipinski definition) is 7. The molecule has 0 fully saturated rings. The highest BCUT2D eigenvalue weighted by Gasteiger charge is 2.12. The van der Waals surface area contributed by atoms with Crippen molar-refractivity contribution in [3.05, 3.63) is 72.0 Å². The summed E-state index contributed by atoms with van der Waals surface area (Å²) in [5, 5.41) is 15.9. The van der Waals surface area contributed by atoms with Crippen molar-refractivity contribution in [2.75, 3.05) is 18.2 Å². The van der Waals surface area contributed by atoms with Crippen molar-refractivity contribution >= 4 is 35.0 Å². The molecule has 0 unspecified atom stereocenters. The maximum Gasteiger partial charge on any atom is 0.337 e. The highest BCUT2D eigenvalue weighted by Crippen LogP contribution is 2.21. The molecule has 0 radical (unpaired) electrons. The fourth-order valence-corrected chi connectivity index (χ4v) is 3.46. The zero-order valence-electron chi connectivity index (χ0n) is 16.3. The van der Waals surface area contributed by atoms with Crippen LogP contribution in [0.5, 0.6) is 0 Å². The molecule has 0 bridgehead atoms. The van der Waals surface area contributed by atoms with Gasteiger partial charge in [-0.2, -0.15) is 9.61 Å². The van der Waals surface area contributed by atoms with Crippen LogP contribution in [0.1, 0.15) is 10.4 Å². The Morgan fingerprint density at radius 3 is 2.48 bits per heavy atom. The van der Waals surface area contributed by atoms with E-state index >= 15 is 0 Å². The van der Waals surface area contributed by atoms with Crippen molar-refractivity contribution < 1.29 is 18.7 Å². The summed E-state index contributed by atoms with van der Waals surface area (Å²) in [5.41, 5.74) is 2.87. The van der Waals surface area contributed by atoms with Gasteiger partial charge in [0.05, 0.1) is 24.1 Å². The van der Waals surface area contributed by atoms with Gasteiger partial charge in [-0.25, -0.2) is 9.18 Å². The second kappa shape index (κ2) is 8.92. The van der Waals surface area contributed by atoms with E-state index in [-0.39, 0.29) is 17.5 Å². The number of amides is 1. The van der Waals surface area contributed by atoms with E-state index in [1.807, 2.05) is 0 Å². The minimum Gasteiger partial charge on any atom is -0.465 e. The van der Waals surface area contributed by atoms with E-state index in [2.05, 4.69) is 25.3 Å². The molecule has 2 heterocycles. The Labute approximate surface area is 180 Å². The fraction of sp³-hybridized carbons (Fsp3) is 0.0952. The van der Waals surface area contributed by atoms with Crippen LogP contribution in [0.15, 0.2) is 65.8 Å². The number of rotatable bonds is 6. The van der Waals surface area contributed by atoms with Crippen LogP contribution in [0, 0.1) is 5.82 Å². The summed E-state index contributed by atoms with van der Waals surface area (Å²) < 4.78 is 19.4. The third kappa shape index (κ3) is 4.69. The van der Waals surface area contributed by atoms with Crippen LogP contribution in [0.3, 0.4) is 0 Å². The lowest BCUT2D eigenvalue weighted by Crippen LogP contribution is -2.14. The lowest BCUT2D eigenvalue weighted by atomic mass is 10.1. The number of benzene rings is 2. The molecule has 0 aliphatic rings. The third-order valence-corrected chi connectivity index (χ3v) is 5.22. The van der Waals surface area contributed by atoms with Gasteiger partial charge in [0.1, 0.15) is 5.82 Å². The molecule has 8 nitrogen and oxygen atoms in total. The zero-order valence-corrected chi connectivity index (χ0v) is 17.1. The van der Waals surface area contributed by atoms with E-state index in [0.29, 0.717) is 27.7 Å². The Balaban J connectivity index is 1.43.